The van der Waals surface area contributed by atoms with Gasteiger partial charge in [-0.2, -0.15) is 0 Å². The van der Waals surface area contributed by atoms with E-state index in [-0.39, 0.29) is 0 Å². The molecule has 4 heteroatoms. The summed E-state index contributed by atoms with van der Waals surface area (Å²) in [6.07, 6.45) is 8.27. The van der Waals surface area contributed by atoms with Crippen molar-refractivity contribution >= 4 is 11.3 Å². The predicted octanol–water partition coefficient (Wildman–Crippen LogP) is 2.93. The quantitative estimate of drug-likeness (QED) is 0.833. The summed E-state index contributed by atoms with van der Waals surface area (Å²) in [5.41, 5.74) is 2.24. The summed E-state index contributed by atoms with van der Waals surface area (Å²) in [6.45, 7) is 7.22. The van der Waals surface area contributed by atoms with E-state index < -0.39 is 0 Å². The molecule has 19 heavy (non-hydrogen) atoms. The van der Waals surface area contributed by atoms with Gasteiger partial charge in [0.1, 0.15) is 0 Å². The Balaban J connectivity index is 2.18. The number of nitrogens with one attached hydrogen (secondary N) is 1. The van der Waals surface area contributed by atoms with Crippen molar-refractivity contribution in [2.24, 2.45) is 0 Å². The standard InChI is InChI=1S/C15H27N3S/c1-4-15(5-2,18-8-6-7-9-18)14(16-3)10-13-11-17-12-19-13/h11-12,14,16H,4-10H2,1-3H3. The Hall–Kier alpha value is -0.450. The highest BCUT2D eigenvalue weighted by Crippen LogP contribution is 2.33. The zero-order chi connectivity index (χ0) is 13.7. The van der Waals surface area contributed by atoms with Crippen LogP contribution in [0.5, 0.6) is 0 Å². The van der Waals surface area contributed by atoms with E-state index in [1.807, 2.05) is 11.7 Å². The molecular formula is C15H27N3S. The Morgan fingerprint density at radius 1 is 1.37 bits per heavy atom. The van der Waals surface area contributed by atoms with Crippen molar-refractivity contribution in [3.05, 3.63) is 16.6 Å². The molecule has 0 aromatic carbocycles. The van der Waals surface area contributed by atoms with Crippen molar-refractivity contribution in [2.75, 3.05) is 20.1 Å². The van der Waals surface area contributed by atoms with Crippen molar-refractivity contribution in [2.45, 2.75) is 57.5 Å². The minimum absolute atomic E-state index is 0.301. The molecule has 2 heterocycles. The summed E-state index contributed by atoms with van der Waals surface area (Å²) in [7, 11) is 2.11. The third-order valence-corrected chi connectivity index (χ3v) is 5.65. The van der Waals surface area contributed by atoms with E-state index in [0.29, 0.717) is 11.6 Å². The maximum Gasteiger partial charge on any atom is 0.0794 e. The highest BCUT2D eigenvalue weighted by Gasteiger charge is 2.41. The topological polar surface area (TPSA) is 28.2 Å². The molecule has 1 atom stereocenters. The number of aromatic nitrogens is 1. The number of likely N-dealkylation sites (tertiary alicyclic amines) is 1. The van der Waals surface area contributed by atoms with Crippen molar-refractivity contribution in [1.29, 1.82) is 0 Å². The van der Waals surface area contributed by atoms with Crippen molar-refractivity contribution < 1.29 is 0 Å². The summed E-state index contributed by atoms with van der Waals surface area (Å²) in [4.78, 5) is 8.34. The average molecular weight is 281 g/mol. The molecule has 1 fully saturated rings. The predicted molar refractivity (Wildman–Crippen MR) is 82.8 cm³/mol. The lowest BCUT2D eigenvalue weighted by Crippen LogP contribution is -2.60. The monoisotopic (exact) mass is 281 g/mol. The lowest BCUT2D eigenvalue weighted by molar-refractivity contribution is 0.0653. The van der Waals surface area contributed by atoms with Gasteiger partial charge < -0.3 is 5.32 Å². The van der Waals surface area contributed by atoms with E-state index in [2.05, 4.69) is 36.1 Å². The molecule has 0 amide bonds. The molecule has 108 valence electrons. The second-order valence-electron chi connectivity index (χ2n) is 5.52. The zero-order valence-corrected chi connectivity index (χ0v) is 13.3. The number of rotatable bonds is 7. The van der Waals surface area contributed by atoms with Crippen LogP contribution >= 0.6 is 11.3 Å². The first-order chi connectivity index (χ1) is 9.26. The lowest BCUT2D eigenvalue weighted by atomic mass is 9.81. The van der Waals surface area contributed by atoms with Crippen LogP contribution in [0.15, 0.2) is 11.7 Å². The van der Waals surface area contributed by atoms with Gasteiger partial charge in [0.15, 0.2) is 0 Å². The molecule has 0 radical (unpaired) electrons. The molecule has 1 aromatic rings. The van der Waals surface area contributed by atoms with Gasteiger partial charge in [-0.25, -0.2) is 0 Å². The maximum absolute atomic E-state index is 4.22. The van der Waals surface area contributed by atoms with Gasteiger partial charge in [0, 0.05) is 29.1 Å². The van der Waals surface area contributed by atoms with Gasteiger partial charge in [-0.15, -0.1) is 11.3 Å². The van der Waals surface area contributed by atoms with Gasteiger partial charge >= 0.3 is 0 Å². The smallest absolute Gasteiger partial charge is 0.0794 e. The third-order valence-electron chi connectivity index (χ3n) is 4.85. The van der Waals surface area contributed by atoms with E-state index in [9.17, 15) is 0 Å². The Morgan fingerprint density at radius 2 is 2.05 bits per heavy atom. The highest BCUT2D eigenvalue weighted by atomic mass is 32.1. The fraction of sp³-hybridized carbons (Fsp3) is 0.800. The molecule has 0 aliphatic carbocycles. The molecule has 1 aromatic heterocycles. The van der Waals surface area contributed by atoms with Gasteiger partial charge in [0.2, 0.25) is 0 Å². The average Bonchev–Trinajstić information content (AvgIpc) is 3.12. The fourth-order valence-corrected chi connectivity index (χ4v) is 4.32. The minimum Gasteiger partial charge on any atom is -0.315 e. The first kappa shape index (κ1) is 14.9. The molecular weight excluding hydrogens is 254 g/mol. The van der Waals surface area contributed by atoms with Crippen LogP contribution in [0.3, 0.4) is 0 Å². The van der Waals surface area contributed by atoms with Gasteiger partial charge in [0.25, 0.3) is 0 Å². The summed E-state index contributed by atoms with van der Waals surface area (Å²) < 4.78 is 0. The van der Waals surface area contributed by atoms with E-state index in [1.54, 1.807) is 11.3 Å². The van der Waals surface area contributed by atoms with Crippen LogP contribution in [0, 0.1) is 0 Å². The molecule has 1 unspecified atom stereocenters. The van der Waals surface area contributed by atoms with Crippen molar-refractivity contribution in [3.63, 3.8) is 0 Å². The summed E-state index contributed by atoms with van der Waals surface area (Å²) in [5.74, 6) is 0. The second kappa shape index (κ2) is 6.82. The lowest BCUT2D eigenvalue weighted by Gasteiger charge is -2.47. The molecule has 1 saturated heterocycles. The Labute approximate surface area is 121 Å². The van der Waals surface area contributed by atoms with Gasteiger partial charge in [-0.3, -0.25) is 9.88 Å². The van der Waals surface area contributed by atoms with Crippen molar-refractivity contribution in [1.82, 2.24) is 15.2 Å². The first-order valence-electron chi connectivity index (χ1n) is 7.56. The number of hydrogen-bond donors (Lipinski definition) is 1. The third kappa shape index (κ3) is 3.01. The van der Waals surface area contributed by atoms with Crippen LogP contribution in [0.25, 0.3) is 0 Å². The van der Waals surface area contributed by atoms with Crippen LogP contribution in [-0.4, -0.2) is 41.6 Å². The largest absolute Gasteiger partial charge is 0.315 e. The van der Waals surface area contributed by atoms with Crippen LogP contribution in [0.2, 0.25) is 0 Å². The van der Waals surface area contributed by atoms with Crippen LogP contribution < -0.4 is 5.32 Å². The SMILES string of the molecule is CCC(CC)(C(Cc1cncs1)NC)N1CCCC1. The number of hydrogen-bond acceptors (Lipinski definition) is 4. The molecule has 0 spiro atoms. The molecule has 1 N–H and O–H groups in total. The molecule has 3 nitrogen and oxygen atoms in total. The Bertz CT molecular complexity index is 353. The van der Waals surface area contributed by atoms with Crippen LogP contribution in [-0.2, 0) is 6.42 Å². The Kier molecular flexibility index (Phi) is 5.37. The van der Waals surface area contributed by atoms with Crippen LogP contribution in [0.4, 0.5) is 0 Å². The molecule has 2 rings (SSSR count). The molecule has 0 saturated carbocycles. The summed E-state index contributed by atoms with van der Waals surface area (Å²) >= 11 is 1.78. The first-order valence-corrected chi connectivity index (χ1v) is 8.44. The van der Waals surface area contributed by atoms with Gasteiger partial charge in [-0.05, 0) is 45.8 Å². The van der Waals surface area contributed by atoms with Gasteiger partial charge in [0.05, 0.1) is 5.51 Å². The summed E-state index contributed by atoms with van der Waals surface area (Å²) in [6, 6.07) is 0.515. The minimum atomic E-state index is 0.301. The molecule has 0 bridgehead atoms. The second-order valence-corrected chi connectivity index (χ2v) is 6.49. The summed E-state index contributed by atoms with van der Waals surface area (Å²) in [5, 5.41) is 3.60. The van der Waals surface area contributed by atoms with Crippen LogP contribution in [0.1, 0.15) is 44.4 Å². The molecule has 1 aliphatic heterocycles. The molecule has 1 aliphatic rings. The van der Waals surface area contributed by atoms with Gasteiger partial charge in [-0.1, -0.05) is 13.8 Å². The van der Waals surface area contributed by atoms with E-state index in [1.165, 1.54) is 43.6 Å². The van der Waals surface area contributed by atoms with Crippen molar-refractivity contribution in [3.8, 4) is 0 Å². The van der Waals surface area contributed by atoms with E-state index in [4.69, 9.17) is 0 Å². The number of likely N-dealkylation sites (N-methyl/N-ethyl adjacent to an activating group) is 1. The zero-order valence-electron chi connectivity index (χ0n) is 12.5. The number of nitrogens with zero attached hydrogens (tertiary/aromatic N) is 2. The maximum atomic E-state index is 4.22. The van der Waals surface area contributed by atoms with E-state index in [0.717, 1.165) is 6.42 Å². The number of thiazole rings is 1. The Morgan fingerprint density at radius 3 is 2.53 bits per heavy atom. The highest BCUT2D eigenvalue weighted by molar-refractivity contribution is 7.09. The normalized spacial score (nSPS) is 18.9. The fourth-order valence-electron chi connectivity index (χ4n) is 3.68. The van der Waals surface area contributed by atoms with E-state index >= 15 is 0 Å².